The second-order valence-electron chi connectivity index (χ2n) is 7.65. The van der Waals surface area contributed by atoms with Crippen molar-refractivity contribution in [3.05, 3.63) is 84.4 Å². The molecule has 7 heteroatoms. The zero-order valence-corrected chi connectivity index (χ0v) is 17.6. The average molecular weight is 410 g/mol. The van der Waals surface area contributed by atoms with Gasteiger partial charge in [-0.1, -0.05) is 12.1 Å². The van der Waals surface area contributed by atoms with Crippen LogP contribution in [0.1, 0.15) is 29.9 Å². The van der Waals surface area contributed by atoms with Gasteiger partial charge in [-0.3, -0.25) is 4.57 Å². The number of aromatic nitrogens is 5. The van der Waals surface area contributed by atoms with E-state index in [4.69, 9.17) is 4.42 Å². The highest BCUT2D eigenvalue weighted by molar-refractivity contribution is 5.85. The van der Waals surface area contributed by atoms with Crippen molar-refractivity contribution in [2.75, 3.05) is 5.32 Å². The van der Waals surface area contributed by atoms with Crippen LogP contribution in [0, 0.1) is 13.8 Å². The predicted octanol–water partition coefficient (Wildman–Crippen LogP) is 5.26. The van der Waals surface area contributed by atoms with E-state index in [1.807, 2.05) is 48.7 Å². The third-order valence-electron chi connectivity index (χ3n) is 5.35. The molecule has 7 nitrogen and oxygen atoms in total. The molecule has 5 aromatic rings. The monoisotopic (exact) mass is 410 g/mol. The van der Waals surface area contributed by atoms with Crippen LogP contribution in [0.2, 0.25) is 0 Å². The first-order chi connectivity index (χ1) is 15.1. The van der Waals surface area contributed by atoms with Crippen molar-refractivity contribution in [3.63, 3.8) is 0 Å². The molecule has 0 saturated carbocycles. The lowest BCUT2D eigenvalue weighted by Gasteiger charge is -2.17. The van der Waals surface area contributed by atoms with Gasteiger partial charge in [0.1, 0.15) is 29.9 Å². The molecular weight excluding hydrogens is 388 g/mol. The molecule has 0 amide bonds. The highest BCUT2D eigenvalue weighted by atomic mass is 16.3. The Morgan fingerprint density at radius 1 is 0.968 bits per heavy atom. The second-order valence-corrected chi connectivity index (χ2v) is 7.65. The number of rotatable bonds is 5. The molecule has 0 aliphatic carbocycles. The van der Waals surface area contributed by atoms with Crippen molar-refractivity contribution in [2.45, 2.75) is 26.8 Å². The van der Waals surface area contributed by atoms with Gasteiger partial charge in [-0.2, -0.15) is 0 Å². The number of benzene rings is 2. The van der Waals surface area contributed by atoms with Gasteiger partial charge >= 0.3 is 0 Å². The van der Waals surface area contributed by atoms with Gasteiger partial charge in [0.2, 0.25) is 0 Å². The topological polar surface area (TPSA) is 81.7 Å². The molecule has 2 aromatic carbocycles. The first-order valence-corrected chi connectivity index (χ1v) is 10.1. The highest BCUT2D eigenvalue weighted by Gasteiger charge is 2.12. The van der Waals surface area contributed by atoms with Gasteiger partial charge in [0.15, 0.2) is 0 Å². The van der Waals surface area contributed by atoms with Crippen LogP contribution >= 0.6 is 0 Å². The van der Waals surface area contributed by atoms with Crippen LogP contribution in [0.25, 0.3) is 27.9 Å². The smallest absolute Gasteiger partial charge is 0.134 e. The molecule has 0 bridgehead atoms. The van der Waals surface area contributed by atoms with E-state index in [2.05, 4.69) is 50.6 Å². The van der Waals surface area contributed by atoms with Gasteiger partial charge in [0, 0.05) is 22.7 Å². The molecule has 3 heterocycles. The predicted molar refractivity (Wildman–Crippen MR) is 120 cm³/mol. The summed E-state index contributed by atoms with van der Waals surface area (Å²) in [6.07, 6.45) is 5.16. The van der Waals surface area contributed by atoms with Gasteiger partial charge < -0.3 is 9.73 Å². The average Bonchev–Trinajstić information content (AvgIpc) is 3.44. The Morgan fingerprint density at radius 2 is 1.81 bits per heavy atom. The Labute approximate surface area is 179 Å². The molecule has 0 fully saturated rings. The van der Waals surface area contributed by atoms with Gasteiger partial charge in [-0.25, -0.2) is 9.97 Å². The molecule has 0 aliphatic heterocycles. The lowest BCUT2D eigenvalue weighted by Crippen LogP contribution is -2.09. The molecule has 0 spiro atoms. The quantitative estimate of drug-likeness (QED) is 0.426. The summed E-state index contributed by atoms with van der Waals surface area (Å²) in [6.45, 7) is 6.07. The minimum atomic E-state index is 0.0529. The maximum Gasteiger partial charge on any atom is 0.134 e. The molecule has 0 aliphatic rings. The van der Waals surface area contributed by atoms with Crippen molar-refractivity contribution >= 4 is 16.8 Å². The number of fused-ring (bicyclic) bond motifs is 1. The van der Waals surface area contributed by atoms with Crippen LogP contribution < -0.4 is 5.32 Å². The molecule has 1 unspecified atom stereocenters. The van der Waals surface area contributed by atoms with Gasteiger partial charge in [-0.05, 0) is 62.2 Å². The number of anilines is 1. The number of hydrogen-bond donors (Lipinski definition) is 1. The molecule has 0 radical (unpaired) electrons. The van der Waals surface area contributed by atoms with Gasteiger partial charge in [0.25, 0.3) is 0 Å². The Balaban J connectivity index is 1.44. The molecule has 1 N–H and O–H groups in total. The summed E-state index contributed by atoms with van der Waals surface area (Å²) in [6, 6.07) is 16.4. The van der Waals surface area contributed by atoms with Gasteiger partial charge in [-0.15, -0.1) is 10.2 Å². The fourth-order valence-electron chi connectivity index (χ4n) is 3.70. The third kappa shape index (κ3) is 3.77. The lowest BCUT2D eigenvalue weighted by molar-refractivity contribution is 0.613. The van der Waals surface area contributed by atoms with Crippen LogP contribution in [0.5, 0.6) is 0 Å². The van der Waals surface area contributed by atoms with E-state index in [0.29, 0.717) is 0 Å². The van der Waals surface area contributed by atoms with Crippen LogP contribution in [0.15, 0.2) is 71.9 Å². The number of nitrogens with one attached hydrogen (secondary N) is 1. The number of hydrogen-bond acceptors (Lipinski definition) is 6. The Morgan fingerprint density at radius 3 is 2.65 bits per heavy atom. The van der Waals surface area contributed by atoms with Crippen LogP contribution in [-0.2, 0) is 0 Å². The molecule has 5 rings (SSSR count). The van der Waals surface area contributed by atoms with E-state index in [9.17, 15) is 0 Å². The molecule has 31 heavy (non-hydrogen) atoms. The molecule has 0 saturated heterocycles. The summed E-state index contributed by atoms with van der Waals surface area (Å²) in [7, 11) is 0. The summed E-state index contributed by atoms with van der Waals surface area (Å²) in [4.78, 5) is 9.25. The van der Waals surface area contributed by atoms with E-state index in [-0.39, 0.29) is 6.04 Å². The number of furan rings is 1. The summed E-state index contributed by atoms with van der Waals surface area (Å²) in [5.74, 6) is 1.50. The fourth-order valence-corrected chi connectivity index (χ4v) is 3.70. The van der Waals surface area contributed by atoms with E-state index in [0.717, 1.165) is 50.7 Å². The van der Waals surface area contributed by atoms with E-state index < -0.39 is 0 Å². The molecule has 1 atom stereocenters. The Hall–Kier alpha value is -4.00. The second kappa shape index (κ2) is 7.68. The van der Waals surface area contributed by atoms with Crippen molar-refractivity contribution in [2.24, 2.45) is 0 Å². The van der Waals surface area contributed by atoms with Gasteiger partial charge in [0.05, 0.1) is 18.0 Å². The summed E-state index contributed by atoms with van der Waals surface area (Å²) < 4.78 is 7.46. The highest BCUT2D eigenvalue weighted by Crippen LogP contribution is 2.28. The zero-order valence-electron chi connectivity index (χ0n) is 17.6. The largest absolute Gasteiger partial charge is 0.464 e. The maximum atomic E-state index is 5.57. The summed E-state index contributed by atoms with van der Waals surface area (Å²) >= 11 is 0. The van der Waals surface area contributed by atoms with Crippen LogP contribution in [-0.4, -0.2) is 24.7 Å². The minimum absolute atomic E-state index is 0.0529. The first-order valence-electron chi connectivity index (χ1n) is 10.1. The molecular formula is C24H22N6O. The minimum Gasteiger partial charge on any atom is -0.464 e. The summed E-state index contributed by atoms with van der Waals surface area (Å²) in [5, 5.41) is 12.4. The standard InChI is InChI=1S/C24H22N6O/c1-15-12-31-23-8-7-19(10-21(15)23)22-11-24(29-17(3)28-22)27-16(2)18-5-4-6-20(9-18)30-13-25-26-14-30/h4-14,16H,1-3H3,(H,27,28,29). The van der Waals surface area contributed by atoms with Crippen LogP contribution in [0.3, 0.4) is 0 Å². The number of nitrogens with zero attached hydrogens (tertiary/aromatic N) is 5. The Kier molecular flexibility index (Phi) is 4.71. The third-order valence-corrected chi connectivity index (χ3v) is 5.35. The lowest BCUT2D eigenvalue weighted by atomic mass is 10.1. The zero-order chi connectivity index (χ0) is 21.4. The van der Waals surface area contributed by atoms with Crippen molar-refractivity contribution < 1.29 is 4.42 Å². The fraction of sp³-hybridized carbons (Fsp3) is 0.167. The van der Waals surface area contributed by atoms with Crippen molar-refractivity contribution in [1.82, 2.24) is 24.7 Å². The number of aryl methyl sites for hydroxylation is 2. The normalized spacial score (nSPS) is 12.2. The van der Waals surface area contributed by atoms with Crippen molar-refractivity contribution in [1.29, 1.82) is 0 Å². The van der Waals surface area contributed by atoms with Crippen molar-refractivity contribution in [3.8, 4) is 16.9 Å². The maximum absolute atomic E-state index is 5.57. The van der Waals surface area contributed by atoms with Crippen LogP contribution in [0.4, 0.5) is 5.82 Å². The summed E-state index contributed by atoms with van der Waals surface area (Å²) in [5.41, 5.74) is 6.06. The van der Waals surface area contributed by atoms with E-state index in [1.54, 1.807) is 18.9 Å². The van der Waals surface area contributed by atoms with E-state index >= 15 is 0 Å². The Bertz CT molecular complexity index is 1360. The van der Waals surface area contributed by atoms with E-state index in [1.165, 1.54) is 0 Å². The SMILES string of the molecule is Cc1nc(NC(C)c2cccc(-n3cnnc3)c2)cc(-c2ccc3occ(C)c3c2)n1. The first kappa shape index (κ1) is 19.0. The molecule has 154 valence electrons. The molecule has 3 aromatic heterocycles.